The number of rotatable bonds is 4. The first-order chi connectivity index (χ1) is 11.1. The van der Waals surface area contributed by atoms with Crippen molar-refractivity contribution < 1.29 is 9.59 Å². The molecule has 2 amide bonds. The summed E-state index contributed by atoms with van der Waals surface area (Å²) in [4.78, 5) is 29.9. The van der Waals surface area contributed by atoms with Crippen LogP contribution in [0.1, 0.15) is 23.7 Å². The number of para-hydroxylation sites is 1. The molecule has 1 aliphatic heterocycles. The number of primary amides is 1. The van der Waals surface area contributed by atoms with E-state index in [9.17, 15) is 9.59 Å². The van der Waals surface area contributed by atoms with E-state index >= 15 is 0 Å². The SMILES string of the molecule is C[C@@H]1C[C@@H](Nc2cc(C(N)=O)ccn2)C(=O)N1c1ccccc1. The van der Waals surface area contributed by atoms with Gasteiger partial charge in [-0.1, -0.05) is 18.2 Å². The molecule has 118 valence electrons. The fraction of sp³-hybridized carbons (Fsp3) is 0.235. The topological polar surface area (TPSA) is 88.3 Å². The van der Waals surface area contributed by atoms with Gasteiger partial charge in [0, 0.05) is 23.5 Å². The van der Waals surface area contributed by atoms with Crippen LogP contribution in [0.15, 0.2) is 48.7 Å². The van der Waals surface area contributed by atoms with Gasteiger partial charge in [0.15, 0.2) is 0 Å². The van der Waals surface area contributed by atoms with Crippen LogP contribution >= 0.6 is 0 Å². The Hall–Kier alpha value is -2.89. The Labute approximate surface area is 134 Å². The van der Waals surface area contributed by atoms with Crippen molar-refractivity contribution in [3.8, 4) is 0 Å². The van der Waals surface area contributed by atoms with Crippen LogP contribution in [0.3, 0.4) is 0 Å². The molecule has 1 aliphatic rings. The van der Waals surface area contributed by atoms with Crippen LogP contribution in [-0.2, 0) is 4.79 Å². The lowest BCUT2D eigenvalue weighted by Gasteiger charge is -2.21. The average molecular weight is 310 g/mol. The molecule has 6 nitrogen and oxygen atoms in total. The Morgan fingerprint density at radius 2 is 2.04 bits per heavy atom. The Morgan fingerprint density at radius 3 is 2.74 bits per heavy atom. The first-order valence-corrected chi connectivity index (χ1v) is 7.47. The third kappa shape index (κ3) is 3.01. The quantitative estimate of drug-likeness (QED) is 0.901. The van der Waals surface area contributed by atoms with Gasteiger partial charge < -0.3 is 16.0 Å². The van der Waals surface area contributed by atoms with Gasteiger partial charge in [0.25, 0.3) is 0 Å². The highest BCUT2D eigenvalue weighted by molar-refractivity contribution is 6.01. The molecule has 0 aliphatic carbocycles. The molecule has 1 fully saturated rings. The summed E-state index contributed by atoms with van der Waals surface area (Å²) in [5, 5.41) is 3.11. The van der Waals surface area contributed by atoms with Gasteiger partial charge in [-0.3, -0.25) is 9.59 Å². The van der Waals surface area contributed by atoms with Gasteiger partial charge in [-0.25, -0.2) is 4.98 Å². The minimum absolute atomic E-state index is 0.00465. The molecule has 1 aromatic carbocycles. The smallest absolute Gasteiger partial charge is 0.249 e. The molecule has 3 N–H and O–H groups in total. The van der Waals surface area contributed by atoms with Gasteiger partial charge in [0.1, 0.15) is 11.9 Å². The summed E-state index contributed by atoms with van der Waals surface area (Å²) in [6.45, 7) is 2.01. The third-order valence-electron chi connectivity index (χ3n) is 3.95. The van der Waals surface area contributed by atoms with E-state index in [1.807, 2.05) is 37.3 Å². The van der Waals surface area contributed by atoms with Crippen molar-refractivity contribution in [1.29, 1.82) is 0 Å². The van der Waals surface area contributed by atoms with E-state index in [4.69, 9.17) is 5.73 Å². The van der Waals surface area contributed by atoms with E-state index in [-0.39, 0.29) is 18.0 Å². The lowest BCUT2D eigenvalue weighted by molar-refractivity contribution is -0.117. The number of nitrogens with zero attached hydrogens (tertiary/aromatic N) is 2. The standard InChI is InChI=1S/C17H18N4O2/c1-11-9-14(17(23)21(11)13-5-3-2-4-6-13)20-15-10-12(16(18)22)7-8-19-15/h2-8,10-11,14H,9H2,1H3,(H2,18,22)(H,19,20)/t11-,14-/m1/s1. The van der Waals surface area contributed by atoms with E-state index in [1.165, 1.54) is 6.20 Å². The highest BCUT2D eigenvalue weighted by Crippen LogP contribution is 2.28. The normalized spacial score (nSPS) is 20.6. The molecular weight excluding hydrogens is 292 g/mol. The number of aromatic nitrogens is 1. The summed E-state index contributed by atoms with van der Waals surface area (Å²) in [7, 11) is 0. The maximum absolute atomic E-state index is 12.7. The van der Waals surface area contributed by atoms with Gasteiger partial charge in [-0.2, -0.15) is 0 Å². The molecule has 2 atom stereocenters. The van der Waals surface area contributed by atoms with Crippen molar-refractivity contribution in [1.82, 2.24) is 4.98 Å². The second-order valence-electron chi connectivity index (χ2n) is 5.62. The van der Waals surface area contributed by atoms with Crippen LogP contribution in [0, 0.1) is 0 Å². The minimum Gasteiger partial charge on any atom is -0.366 e. The Morgan fingerprint density at radius 1 is 1.30 bits per heavy atom. The lowest BCUT2D eigenvalue weighted by atomic mass is 10.2. The first-order valence-electron chi connectivity index (χ1n) is 7.47. The molecule has 1 aromatic heterocycles. The fourth-order valence-corrected chi connectivity index (χ4v) is 2.86. The molecule has 1 saturated heterocycles. The number of pyridine rings is 1. The molecule has 2 heterocycles. The zero-order chi connectivity index (χ0) is 16.4. The van der Waals surface area contributed by atoms with E-state index in [2.05, 4.69) is 10.3 Å². The van der Waals surface area contributed by atoms with Crippen LogP contribution in [0.4, 0.5) is 11.5 Å². The summed E-state index contributed by atoms with van der Waals surface area (Å²) in [6, 6.07) is 12.4. The maximum atomic E-state index is 12.7. The van der Waals surface area contributed by atoms with Crippen molar-refractivity contribution >= 4 is 23.3 Å². The number of anilines is 2. The van der Waals surface area contributed by atoms with Crippen LogP contribution < -0.4 is 16.0 Å². The molecule has 3 rings (SSSR count). The number of hydrogen-bond acceptors (Lipinski definition) is 4. The summed E-state index contributed by atoms with van der Waals surface area (Å²) in [5.41, 5.74) is 6.51. The predicted octanol–water partition coefficient (Wildman–Crippen LogP) is 1.79. The predicted molar refractivity (Wildman–Crippen MR) is 88.2 cm³/mol. The Balaban J connectivity index is 1.79. The van der Waals surface area contributed by atoms with Gasteiger partial charge >= 0.3 is 0 Å². The number of carbonyl (C=O) groups excluding carboxylic acids is 2. The summed E-state index contributed by atoms with van der Waals surface area (Å²) >= 11 is 0. The summed E-state index contributed by atoms with van der Waals surface area (Å²) in [6.07, 6.45) is 2.16. The van der Waals surface area contributed by atoms with Crippen LogP contribution in [0.2, 0.25) is 0 Å². The Kier molecular flexibility index (Phi) is 3.97. The summed E-state index contributed by atoms with van der Waals surface area (Å²) in [5.74, 6) is -0.0516. The first kappa shape index (κ1) is 15.0. The third-order valence-corrected chi connectivity index (χ3v) is 3.95. The highest BCUT2D eigenvalue weighted by Gasteiger charge is 2.38. The number of benzene rings is 1. The number of nitrogens with two attached hydrogens (primary N) is 1. The average Bonchev–Trinajstić information content (AvgIpc) is 2.82. The molecular formula is C17H18N4O2. The van der Waals surface area contributed by atoms with Gasteiger partial charge in [0.2, 0.25) is 11.8 Å². The van der Waals surface area contributed by atoms with Crippen LogP contribution in [0.5, 0.6) is 0 Å². The van der Waals surface area contributed by atoms with E-state index in [0.717, 1.165) is 5.69 Å². The molecule has 0 unspecified atom stereocenters. The zero-order valence-electron chi connectivity index (χ0n) is 12.8. The van der Waals surface area contributed by atoms with Crippen molar-refractivity contribution in [2.75, 3.05) is 10.2 Å². The van der Waals surface area contributed by atoms with Gasteiger partial charge in [-0.05, 0) is 37.6 Å². The second-order valence-corrected chi connectivity index (χ2v) is 5.62. The van der Waals surface area contributed by atoms with E-state index in [1.54, 1.807) is 17.0 Å². The molecule has 0 saturated carbocycles. The maximum Gasteiger partial charge on any atom is 0.249 e. The van der Waals surface area contributed by atoms with Gasteiger partial charge in [-0.15, -0.1) is 0 Å². The van der Waals surface area contributed by atoms with Crippen molar-refractivity contribution in [3.05, 3.63) is 54.2 Å². The number of amides is 2. The minimum atomic E-state index is -0.521. The number of carbonyl (C=O) groups is 2. The van der Waals surface area contributed by atoms with Crippen molar-refractivity contribution in [3.63, 3.8) is 0 Å². The zero-order valence-corrected chi connectivity index (χ0v) is 12.8. The largest absolute Gasteiger partial charge is 0.366 e. The van der Waals surface area contributed by atoms with Crippen LogP contribution in [-0.4, -0.2) is 28.9 Å². The molecule has 6 heteroatoms. The number of nitrogens with one attached hydrogen (secondary N) is 1. The lowest BCUT2D eigenvalue weighted by Crippen LogP contribution is -2.35. The van der Waals surface area contributed by atoms with E-state index in [0.29, 0.717) is 17.8 Å². The highest BCUT2D eigenvalue weighted by atomic mass is 16.2. The molecule has 2 aromatic rings. The molecule has 23 heavy (non-hydrogen) atoms. The molecule has 0 spiro atoms. The van der Waals surface area contributed by atoms with Crippen molar-refractivity contribution in [2.45, 2.75) is 25.4 Å². The second kappa shape index (κ2) is 6.08. The summed E-state index contributed by atoms with van der Waals surface area (Å²) < 4.78 is 0. The monoisotopic (exact) mass is 310 g/mol. The molecule has 0 radical (unpaired) electrons. The van der Waals surface area contributed by atoms with E-state index < -0.39 is 5.91 Å². The Bertz CT molecular complexity index is 732. The van der Waals surface area contributed by atoms with Crippen molar-refractivity contribution in [2.24, 2.45) is 5.73 Å². The van der Waals surface area contributed by atoms with Crippen LogP contribution in [0.25, 0.3) is 0 Å². The number of hydrogen-bond donors (Lipinski definition) is 2. The molecule has 0 bridgehead atoms. The van der Waals surface area contributed by atoms with Gasteiger partial charge in [0.05, 0.1) is 0 Å². The fourth-order valence-electron chi connectivity index (χ4n) is 2.86.